The summed E-state index contributed by atoms with van der Waals surface area (Å²) in [4.78, 5) is 42.5. The molecule has 0 aliphatic rings. The van der Waals surface area contributed by atoms with Crippen molar-refractivity contribution in [2.24, 2.45) is 0 Å². The Morgan fingerprint density at radius 3 is 1.62 bits per heavy atom. The van der Waals surface area contributed by atoms with Crippen molar-refractivity contribution in [3.05, 3.63) is 25.3 Å². The Labute approximate surface area is 94.3 Å². The Kier molecular flexibility index (Phi) is 5.34. The maximum absolute atomic E-state index is 11.6. The topological polar surface area (TPSA) is 104 Å². The third-order valence-electron chi connectivity index (χ3n) is 1.21. The second kappa shape index (κ2) is 5.99. The number of aldehydes is 1. The van der Waals surface area contributed by atoms with Crippen LogP contribution in [0, 0.1) is 0 Å². The maximum atomic E-state index is 11.6. The van der Waals surface area contributed by atoms with Gasteiger partial charge >= 0.3 is 94.1 Å². The molecule has 0 N–H and O–H groups in total. The first-order chi connectivity index (χ1) is 7.39. The molecule has 0 amide bonds. The van der Waals surface area contributed by atoms with Crippen molar-refractivity contribution < 1.29 is 46.5 Å². The molecule has 16 heavy (non-hydrogen) atoms. The van der Waals surface area contributed by atoms with E-state index >= 15 is 0 Å². The van der Waals surface area contributed by atoms with E-state index in [1.54, 1.807) is 0 Å². The van der Waals surface area contributed by atoms with Crippen LogP contribution in [0.4, 0.5) is 0 Å². The average Bonchev–Trinajstić information content (AvgIpc) is 2.27. The van der Waals surface area contributed by atoms with Crippen molar-refractivity contribution in [3.63, 3.8) is 0 Å². The molecule has 0 aromatic rings. The number of hydrogen-bond donors (Lipinski definition) is 0. The van der Waals surface area contributed by atoms with Crippen LogP contribution in [0.3, 0.4) is 0 Å². The normalized spacial score (nSPS) is 9.75. The monoisotopic (exact) mass is 263 g/mol. The molecular formula is C8H7O7Ti. The van der Waals surface area contributed by atoms with E-state index in [4.69, 9.17) is 0 Å². The molecule has 0 bridgehead atoms. The first-order valence-electron chi connectivity index (χ1n) is 3.80. The van der Waals surface area contributed by atoms with Crippen LogP contribution in [-0.2, 0) is 46.5 Å². The number of hydrogen-bond acceptors (Lipinski definition) is 7. The SMILES string of the molecule is C=CC(=O)[O][Ti](=[O])([O]C(=O)C=C)[C](=O)C=O. The summed E-state index contributed by atoms with van der Waals surface area (Å²) >= 11 is -5.67. The zero-order valence-corrected chi connectivity index (χ0v) is 9.57. The molecule has 0 aliphatic heterocycles. The van der Waals surface area contributed by atoms with Crippen LogP contribution >= 0.6 is 0 Å². The van der Waals surface area contributed by atoms with E-state index in [1.165, 1.54) is 0 Å². The fourth-order valence-electron chi connectivity index (χ4n) is 0.542. The summed E-state index contributed by atoms with van der Waals surface area (Å²) in [6, 6.07) is 0. The van der Waals surface area contributed by atoms with Gasteiger partial charge in [-0.15, -0.1) is 0 Å². The molecule has 0 aliphatic carbocycles. The molecule has 85 valence electrons. The standard InChI is InChI=1S/2C3H4O2.C2HO2.O.Ti/c2*1-2-3(4)5;3-1-2-4;;/h2*2H,1H2,(H,4,5);1H;;/q;;;;+2/p-2. The fraction of sp³-hybridized carbons (Fsp3) is 0. The van der Waals surface area contributed by atoms with Gasteiger partial charge in [-0.3, -0.25) is 0 Å². The quantitative estimate of drug-likeness (QED) is 0.275. The fourth-order valence-corrected chi connectivity index (χ4v) is 2.23. The van der Waals surface area contributed by atoms with Gasteiger partial charge in [0.05, 0.1) is 0 Å². The number of carbonyl (C=O) groups is 4. The van der Waals surface area contributed by atoms with Gasteiger partial charge in [0.2, 0.25) is 0 Å². The molecule has 0 saturated carbocycles. The van der Waals surface area contributed by atoms with Crippen molar-refractivity contribution in [3.8, 4) is 0 Å². The summed E-state index contributed by atoms with van der Waals surface area (Å²) in [6.45, 7) is 5.97. The van der Waals surface area contributed by atoms with Gasteiger partial charge in [0.25, 0.3) is 0 Å². The Morgan fingerprint density at radius 2 is 1.38 bits per heavy atom. The van der Waals surface area contributed by atoms with Crippen LogP contribution < -0.4 is 0 Å². The van der Waals surface area contributed by atoms with E-state index in [1.807, 2.05) is 0 Å². The summed E-state index contributed by atoms with van der Waals surface area (Å²) in [5.74, 6) is -2.47. The van der Waals surface area contributed by atoms with Gasteiger partial charge in [-0.2, -0.15) is 0 Å². The van der Waals surface area contributed by atoms with Gasteiger partial charge in [-0.25, -0.2) is 0 Å². The second-order valence-electron chi connectivity index (χ2n) is 2.29. The molecule has 0 aromatic heterocycles. The Balaban J connectivity index is 5.10. The number of carbonyl (C=O) groups excluding carboxylic acids is 4. The van der Waals surface area contributed by atoms with Crippen molar-refractivity contribution in [1.29, 1.82) is 0 Å². The Hall–Kier alpha value is -1.73. The van der Waals surface area contributed by atoms with Crippen LogP contribution in [0.5, 0.6) is 0 Å². The zero-order valence-electron chi connectivity index (χ0n) is 8.00. The zero-order chi connectivity index (χ0) is 12.8. The van der Waals surface area contributed by atoms with Crippen molar-refractivity contribution in [2.45, 2.75) is 0 Å². The molecule has 0 heterocycles. The predicted octanol–water partition coefficient (Wildman–Crippen LogP) is -0.500. The van der Waals surface area contributed by atoms with Crippen LogP contribution in [0.1, 0.15) is 0 Å². The number of rotatable bonds is 6. The van der Waals surface area contributed by atoms with E-state index in [-0.39, 0.29) is 6.29 Å². The third-order valence-corrected chi connectivity index (χ3v) is 3.81. The minimum atomic E-state index is -5.67. The molecule has 7 nitrogen and oxygen atoms in total. The summed E-state index contributed by atoms with van der Waals surface area (Å²) in [5.41, 5.74) is 0. The molecular weight excluding hydrogens is 256 g/mol. The summed E-state index contributed by atoms with van der Waals surface area (Å²) in [7, 11) is 0. The summed E-state index contributed by atoms with van der Waals surface area (Å²) in [5, 5.41) is 0. The van der Waals surface area contributed by atoms with Crippen LogP contribution in [0.15, 0.2) is 25.3 Å². The van der Waals surface area contributed by atoms with Crippen molar-refractivity contribution in [2.75, 3.05) is 0 Å². The minimum absolute atomic E-state index is 0.347. The molecule has 0 atom stereocenters. The molecule has 0 aromatic carbocycles. The predicted molar refractivity (Wildman–Crippen MR) is 44.3 cm³/mol. The second-order valence-corrected chi connectivity index (χ2v) is 5.43. The third kappa shape index (κ3) is 3.80. The Bertz CT molecular complexity index is 383. The van der Waals surface area contributed by atoms with Crippen molar-refractivity contribution in [1.82, 2.24) is 0 Å². The van der Waals surface area contributed by atoms with Gasteiger partial charge in [0.15, 0.2) is 0 Å². The Morgan fingerprint density at radius 1 is 1.00 bits per heavy atom. The van der Waals surface area contributed by atoms with E-state index < -0.39 is 33.4 Å². The molecule has 8 heteroatoms. The molecule has 0 rings (SSSR count). The van der Waals surface area contributed by atoms with E-state index in [0.29, 0.717) is 12.2 Å². The van der Waals surface area contributed by atoms with Crippen molar-refractivity contribution >= 4 is 22.3 Å². The van der Waals surface area contributed by atoms with Crippen LogP contribution in [-0.4, -0.2) is 22.3 Å². The van der Waals surface area contributed by atoms with E-state index in [0.717, 1.165) is 0 Å². The molecule has 0 saturated heterocycles. The van der Waals surface area contributed by atoms with Gasteiger partial charge < -0.3 is 0 Å². The first-order valence-corrected chi connectivity index (χ1v) is 6.49. The first kappa shape index (κ1) is 14.3. The average molecular weight is 263 g/mol. The molecule has 0 unspecified atom stereocenters. The van der Waals surface area contributed by atoms with Crippen LogP contribution in [0.2, 0.25) is 0 Å². The molecule has 0 radical (unpaired) electrons. The summed E-state index contributed by atoms with van der Waals surface area (Å²) < 4.78 is 18.2. The van der Waals surface area contributed by atoms with E-state index in [2.05, 4.69) is 19.8 Å². The molecule has 0 spiro atoms. The van der Waals surface area contributed by atoms with Gasteiger partial charge in [-0.1, -0.05) is 0 Å². The molecule has 0 fully saturated rings. The van der Waals surface area contributed by atoms with Gasteiger partial charge in [0, 0.05) is 0 Å². The van der Waals surface area contributed by atoms with Crippen LogP contribution in [0.25, 0.3) is 0 Å². The van der Waals surface area contributed by atoms with E-state index in [9.17, 15) is 22.5 Å². The van der Waals surface area contributed by atoms with Gasteiger partial charge in [0.1, 0.15) is 0 Å². The summed E-state index contributed by atoms with van der Waals surface area (Å²) in [6.07, 6.45) is 0.870. The van der Waals surface area contributed by atoms with Gasteiger partial charge in [-0.05, 0) is 0 Å².